The summed E-state index contributed by atoms with van der Waals surface area (Å²) in [5.41, 5.74) is 0.197. The van der Waals surface area contributed by atoms with E-state index in [4.69, 9.17) is 4.42 Å². The third-order valence-electron chi connectivity index (χ3n) is 6.57. The van der Waals surface area contributed by atoms with Crippen LogP contribution in [0.1, 0.15) is 73.1 Å². The highest BCUT2D eigenvalue weighted by Gasteiger charge is 2.25. The molecule has 0 unspecified atom stereocenters. The number of nitrogens with zero attached hydrogens (tertiary/aromatic N) is 2. The molecule has 0 bridgehead atoms. The van der Waals surface area contributed by atoms with E-state index < -0.39 is 11.8 Å². The first-order valence-electron chi connectivity index (χ1n) is 12.6. The number of hydrogen-bond donors (Lipinski definition) is 2. The van der Waals surface area contributed by atoms with E-state index in [2.05, 4.69) is 15.5 Å². The fourth-order valence-electron chi connectivity index (χ4n) is 4.34. The van der Waals surface area contributed by atoms with Gasteiger partial charge in [0.25, 0.3) is 5.91 Å². The molecule has 1 aromatic carbocycles. The fraction of sp³-hybridized carbons (Fsp3) is 0.519. The third kappa shape index (κ3) is 6.72. The highest BCUT2D eigenvalue weighted by molar-refractivity contribution is 5.96. The smallest absolute Gasteiger partial charge is 0.319 e. The first-order valence-corrected chi connectivity index (χ1v) is 12.6. The van der Waals surface area contributed by atoms with E-state index in [1.165, 1.54) is 18.2 Å². The number of nitrogens with one attached hydrogen (secondary N) is 2. The lowest BCUT2D eigenvalue weighted by molar-refractivity contribution is 0.0617. The molecule has 3 amide bonds. The van der Waals surface area contributed by atoms with Gasteiger partial charge in [0.2, 0.25) is 0 Å². The van der Waals surface area contributed by atoms with Crippen molar-refractivity contribution in [1.29, 1.82) is 0 Å². The molecule has 2 heterocycles. The second kappa shape index (κ2) is 10.8. The Hall–Kier alpha value is -3.20. The minimum Gasteiger partial charge on any atom is -0.457 e. The minimum atomic E-state index is -0.641. The van der Waals surface area contributed by atoms with Gasteiger partial charge in [0, 0.05) is 44.2 Å². The maximum Gasteiger partial charge on any atom is 0.319 e. The summed E-state index contributed by atoms with van der Waals surface area (Å²) in [6, 6.07) is 7.41. The molecule has 1 aromatic heterocycles. The van der Waals surface area contributed by atoms with Gasteiger partial charge < -0.3 is 20.0 Å². The largest absolute Gasteiger partial charge is 0.457 e. The summed E-state index contributed by atoms with van der Waals surface area (Å²) >= 11 is 0. The molecule has 194 valence electrons. The number of Topliss-reactive ketones (excluding diaryl/α,β-unsaturated/α-hetero) is 1. The SMILES string of the molecule is CC(C)(C)CC(=O)c1ccc(CN2CCN(C(=O)c3ccc(NC(=O)NC4CCC4)c(F)c3)CC2)o1. The molecule has 2 fully saturated rings. The van der Waals surface area contributed by atoms with Crippen LogP contribution in [0.5, 0.6) is 0 Å². The van der Waals surface area contributed by atoms with E-state index >= 15 is 0 Å². The zero-order valence-corrected chi connectivity index (χ0v) is 21.2. The number of rotatable bonds is 7. The van der Waals surface area contributed by atoms with Crippen LogP contribution >= 0.6 is 0 Å². The molecule has 2 N–H and O–H groups in total. The van der Waals surface area contributed by atoms with Gasteiger partial charge in [0.15, 0.2) is 11.5 Å². The monoisotopic (exact) mass is 498 g/mol. The lowest BCUT2D eigenvalue weighted by Crippen LogP contribution is -2.48. The number of carbonyl (C=O) groups excluding carboxylic acids is 3. The van der Waals surface area contributed by atoms with Gasteiger partial charge in [-0.1, -0.05) is 20.8 Å². The number of furan rings is 1. The van der Waals surface area contributed by atoms with Crippen molar-refractivity contribution in [3.63, 3.8) is 0 Å². The number of urea groups is 1. The van der Waals surface area contributed by atoms with Crippen LogP contribution in [0.25, 0.3) is 0 Å². The van der Waals surface area contributed by atoms with Crippen LogP contribution in [0, 0.1) is 11.2 Å². The van der Waals surface area contributed by atoms with E-state index in [1.54, 1.807) is 11.0 Å². The summed E-state index contributed by atoms with van der Waals surface area (Å²) in [6.45, 7) is 8.90. The molecule has 1 aliphatic carbocycles. The second-order valence-corrected chi connectivity index (χ2v) is 10.9. The Morgan fingerprint density at radius 1 is 1.06 bits per heavy atom. The molecule has 1 saturated carbocycles. The molecular weight excluding hydrogens is 463 g/mol. The van der Waals surface area contributed by atoms with Crippen molar-refractivity contribution in [2.45, 2.75) is 59.0 Å². The molecule has 0 radical (unpaired) electrons. The molecule has 2 aliphatic rings. The maximum atomic E-state index is 14.6. The van der Waals surface area contributed by atoms with Crippen LogP contribution in [0.15, 0.2) is 34.7 Å². The van der Waals surface area contributed by atoms with E-state index in [0.29, 0.717) is 44.9 Å². The van der Waals surface area contributed by atoms with Crippen molar-refractivity contribution in [3.8, 4) is 0 Å². The van der Waals surface area contributed by atoms with Gasteiger partial charge in [0.1, 0.15) is 11.6 Å². The summed E-state index contributed by atoms with van der Waals surface area (Å²) in [5.74, 6) is 0.217. The van der Waals surface area contributed by atoms with E-state index in [-0.39, 0.29) is 34.4 Å². The maximum absolute atomic E-state index is 14.6. The van der Waals surface area contributed by atoms with Crippen molar-refractivity contribution < 1.29 is 23.2 Å². The zero-order valence-electron chi connectivity index (χ0n) is 21.2. The fourth-order valence-corrected chi connectivity index (χ4v) is 4.34. The summed E-state index contributed by atoms with van der Waals surface area (Å²) < 4.78 is 20.3. The summed E-state index contributed by atoms with van der Waals surface area (Å²) in [4.78, 5) is 41.1. The van der Waals surface area contributed by atoms with Gasteiger partial charge in [-0.05, 0) is 55.0 Å². The number of piperazine rings is 1. The topological polar surface area (TPSA) is 94.9 Å². The van der Waals surface area contributed by atoms with Gasteiger partial charge in [-0.15, -0.1) is 0 Å². The average molecular weight is 499 g/mol. The van der Waals surface area contributed by atoms with Crippen molar-refractivity contribution >= 4 is 23.4 Å². The van der Waals surface area contributed by atoms with Crippen molar-refractivity contribution in [2.75, 3.05) is 31.5 Å². The van der Waals surface area contributed by atoms with Crippen LogP contribution < -0.4 is 10.6 Å². The lowest BCUT2D eigenvalue weighted by Gasteiger charge is -2.34. The number of halogens is 1. The molecule has 4 rings (SSSR count). The number of ketones is 1. The van der Waals surface area contributed by atoms with E-state index in [0.717, 1.165) is 25.0 Å². The molecule has 8 nitrogen and oxygen atoms in total. The number of amides is 3. The standard InChI is InChI=1S/C27H35FN4O4/c1-27(2,3)16-23(33)24-10-8-20(36-24)17-31-11-13-32(14-12-31)25(34)18-7-9-22(21(28)15-18)30-26(35)29-19-5-4-6-19/h7-10,15,19H,4-6,11-14,16-17H2,1-3H3,(H2,29,30,35). The van der Waals surface area contributed by atoms with Crippen LogP contribution in [0.2, 0.25) is 0 Å². The van der Waals surface area contributed by atoms with Gasteiger partial charge in [0.05, 0.1) is 12.2 Å². The summed E-state index contributed by atoms with van der Waals surface area (Å²) in [5, 5.41) is 5.32. The molecule has 2 aromatic rings. The number of anilines is 1. The van der Waals surface area contributed by atoms with E-state index in [1.807, 2.05) is 26.8 Å². The first-order chi connectivity index (χ1) is 17.1. The van der Waals surface area contributed by atoms with Gasteiger partial charge in [-0.25, -0.2) is 9.18 Å². The lowest BCUT2D eigenvalue weighted by atomic mass is 9.89. The predicted molar refractivity (Wildman–Crippen MR) is 134 cm³/mol. The Morgan fingerprint density at radius 3 is 2.39 bits per heavy atom. The van der Waals surface area contributed by atoms with Crippen molar-refractivity contribution in [2.24, 2.45) is 5.41 Å². The molecule has 0 atom stereocenters. The second-order valence-electron chi connectivity index (χ2n) is 10.9. The molecule has 36 heavy (non-hydrogen) atoms. The number of hydrogen-bond acceptors (Lipinski definition) is 5. The third-order valence-corrected chi connectivity index (χ3v) is 6.57. The summed E-state index contributed by atoms with van der Waals surface area (Å²) in [7, 11) is 0. The molecule has 9 heteroatoms. The molecule has 0 spiro atoms. The van der Waals surface area contributed by atoms with Gasteiger partial charge in [-0.3, -0.25) is 14.5 Å². The molecule has 1 saturated heterocycles. The highest BCUT2D eigenvalue weighted by Crippen LogP contribution is 2.24. The predicted octanol–water partition coefficient (Wildman–Crippen LogP) is 4.67. The Bertz CT molecular complexity index is 1110. The minimum absolute atomic E-state index is 0.00314. The van der Waals surface area contributed by atoms with Crippen LogP contribution in [0.3, 0.4) is 0 Å². The zero-order chi connectivity index (χ0) is 25.9. The first kappa shape index (κ1) is 25.9. The Balaban J connectivity index is 1.26. The van der Waals surface area contributed by atoms with Gasteiger partial charge in [-0.2, -0.15) is 0 Å². The normalized spacial score (nSPS) is 16.9. The van der Waals surface area contributed by atoms with Crippen LogP contribution in [-0.2, 0) is 6.54 Å². The van der Waals surface area contributed by atoms with Gasteiger partial charge >= 0.3 is 6.03 Å². The van der Waals surface area contributed by atoms with Crippen LogP contribution in [-0.4, -0.2) is 59.7 Å². The van der Waals surface area contributed by atoms with Crippen molar-refractivity contribution in [1.82, 2.24) is 15.1 Å². The number of carbonyl (C=O) groups is 3. The number of benzene rings is 1. The molecule has 1 aliphatic heterocycles. The Labute approximate surface area is 211 Å². The summed E-state index contributed by atoms with van der Waals surface area (Å²) in [6.07, 6.45) is 3.39. The average Bonchev–Trinajstić information content (AvgIpc) is 3.25. The highest BCUT2D eigenvalue weighted by atomic mass is 19.1. The Kier molecular flexibility index (Phi) is 7.78. The quantitative estimate of drug-likeness (QED) is 0.541. The van der Waals surface area contributed by atoms with Crippen molar-refractivity contribution in [3.05, 3.63) is 53.2 Å². The Morgan fingerprint density at radius 2 is 1.78 bits per heavy atom. The molecular formula is C27H35FN4O4. The van der Waals surface area contributed by atoms with E-state index in [9.17, 15) is 18.8 Å². The van der Waals surface area contributed by atoms with Crippen LogP contribution in [0.4, 0.5) is 14.9 Å².